The zero-order chi connectivity index (χ0) is 18.5. The Bertz CT molecular complexity index is 960. The van der Waals surface area contributed by atoms with Gasteiger partial charge in [0.2, 0.25) is 5.91 Å². The van der Waals surface area contributed by atoms with Crippen molar-refractivity contribution in [3.8, 4) is 6.07 Å². The lowest BCUT2D eigenvalue weighted by Crippen LogP contribution is -2.23. The molecule has 0 fully saturated rings. The molecule has 0 saturated carbocycles. The molecule has 0 saturated heterocycles. The molecule has 3 rings (SSSR count). The number of amides is 1. The number of imidazole rings is 1. The van der Waals surface area contributed by atoms with Crippen LogP contribution in [0.15, 0.2) is 59.8 Å². The van der Waals surface area contributed by atoms with Crippen molar-refractivity contribution in [2.24, 2.45) is 5.92 Å². The molecule has 26 heavy (non-hydrogen) atoms. The predicted octanol–water partition coefficient (Wildman–Crippen LogP) is 4.49. The first kappa shape index (κ1) is 18.0. The molecule has 2 unspecified atom stereocenters. The fourth-order valence-electron chi connectivity index (χ4n) is 2.60. The van der Waals surface area contributed by atoms with Gasteiger partial charge in [-0.3, -0.25) is 4.79 Å². The van der Waals surface area contributed by atoms with Crippen molar-refractivity contribution in [1.29, 1.82) is 5.26 Å². The zero-order valence-electron chi connectivity index (χ0n) is 14.7. The number of nitriles is 1. The number of anilines is 1. The Hall–Kier alpha value is -2.78. The number of fused-ring (bicyclic) bond motifs is 1. The van der Waals surface area contributed by atoms with Gasteiger partial charge in [-0.25, -0.2) is 4.98 Å². The first-order chi connectivity index (χ1) is 12.6. The number of rotatable bonds is 6. The average molecular weight is 364 g/mol. The minimum absolute atomic E-state index is 0.0417. The maximum Gasteiger partial charge on any atom is 0.247 e. The van der Waals surface area contributed by atoms with Crippen molar-refractivity contribution >= 4 is 34.4 Å². The van der Waals surface area contributed by atoms with Crippen LogP contribution < -0.4 is 5.32 Å². The lowest BCUT2D eigenvalue weighted by molar-refractivity contribution is -0.118. The SMILES string of the molecule is CC(C#N)CSc1ccccc1NC(=O)C(C)n1cnc2ccccc21. The summed E-state index contributed by atoms with van der Waals surface area (Å²) in [6.45, 7) is 3.75. The van der Waals surface area contributed by atoms with Crippen LogP contribution in [0.25, 0.3) is 11.0 Å². The van der Waals surface area contributed by atoms with Gasteiger partial charge in [0.15, 0.2) is 0 Å². The molecule has 0 aliphatic rings. The summed E-state index contributed by atoms with van der Waals surface area (Å²) in [5, 5.41) is 12.0. The Labute approximate surface area is 157 Å². The summed E-state index contributed by atoms with van der Waals surface area (Å²) in [5.74, 6) is 0.542. The lowest BCUT2D eigenvalue weighted by Gasteiger charge is -2.16. The van der Waals surface area contributed by atoms with Crippen LogP contribution in [0.5, 0.6) is 0 Å². The first-order valence-electron chi connectivity index (χ1n) is 8.44. The molecule has 2 aromatic carbocycles. The van der Waals surface area contributed by atoms with Crippen molar-refractivity contribution in [3.63, 3.8) is 0 Å². The van der Waals surface area contributed by atoms with Crippen LogP contribution in [-0.2, 0) is 4.79 Å². The molecule has 0 spiro atoms. The number of aromatic nitrogens is 2. The molecular formula is C20H20N4OS. The van der Waals surface area contributed by atoms with E-state index in [4.69, 9.17) is 5.26 Å². The van der Waals surface area contributed by atoms with Crippen molar-refractivity contribution < 1.29 is 4.79 Å². The van der Waals surface area contributed by atoms with E-state index in [0.717, 1.165) is 21.6 Å². The fraction of sp³-hybridized carbons (Fsp3) is 0.250. The normalized spacial score (nSPS) is 13.1. The number of carbonyl (C=O) groups excluding carboxylic acids is 1. The molecule has 1 N–H and O–H groups in total. The molecule has 132 valence electrons. The number of thioether (sulfide) groups is 1. The molecule has 0 radical (unpaired) electrons. The minimum atomic E-state index is -0.390. The molecule has 1 heterocycles. The quantitative estimate of drug-likeness (QED) is 0.654. The van der Waals surface area contributed by atoms with Gasteiger partial charge < -0.3 is 9.88 Å². The Kier molecular flexibility index (Phi) is 5.59. The number of carbonyl (C=O) groups is 1. The molecule has 5 nitrogen and oxygen atoms in total. The van der Waals surface area contributed by atoms with Crippen LogP contribution in [0, 0.1) is 17.2 Å². The van der Waals surface area contributed by atoms with Crippen LogP contribution in [0.1, 0.15) is 19.9 Å². The first-order valence-corrected chi connectivity index (χ1v) is 9.42. The van der Waals surface area contributed by atoms with Gasteiger partial charge in [0, 0.05) is 10.6 Å². The molecule has 0 bridgehead atoms. The molecule has 0 aliphatic heterocycles. The number of para-hydroxylation sites is 3. The second kappa shape index (κ2) is 8.07. The van der Waals surface area contributed by atoms with E-state index in [0.29, 0.717) is 5.75 Å². The van der Waals surface area contributed by atoms with Crippen LogP contribution in [0.2, 0.25) is 0 Å². The van der Waals surface area contributed by atoms with E-state index in [1.165, 1.54) is 0 Å². The van der Waals surface area contributed by atoms with Crippen LogP contribution in [0.4, 0.5) is 5.69 Å². The second-order valence-corrected chi connectivity index (χ2v) is 7.20. The van der Waals surface area contributed by atoms with Crippen molar-refractivity contribution in [1.82, 2.24) is 9.55 Å². The Morgan fingerprint density at radius 1 is 1.23 bits per heavy atom. The number of hydrogen-bond donors (Lipinski definition) is 1. The van der Waals surface area contributed by atoms with E-state index < -0.39 is 6.04 Å². The maximum atomic E-state index is 12.8. The molecule has 3 aromatic rings. The molecular weight excluding hydrogens is 344 g/mol. The van der Waals surface area contributed by atoms with E-state index in [-0.39, 0.29) is 11.8 Å². The maximum absolute atomic E-state index is 12.8. The standard InChI is InChI=1S/C20H20N4OS/c1-14(11-21)12-26-19-10-6-4-8-17(19)23-20(25)15(2)24-13-22-16-7-3-5-9-18(16)24/h3-10,13-15H,12H2,1-2H3,(H,23,25). The number of benzene rings is 2. The number of nitrogens with zero attached hydrogens (tertiary/aromatic N) is 3. The molecule has 2 atom stereocenters. The van der Waals surface area contributed by atoms with Gasteiger partial charge in [-0.15, -0.1) is 11.8 Å². The predicted molar refractivity (Wildman–Crippen MR) is 105 cm³/mol. The van der Waals surface area contributed by atoms with E-state index in [9.17, 15) is 4.79 Å². The summed E-state index contributed by atoms with van der Waals surface area (Å²) in [4.78, 5) is 18.1. The third-order valence-corrected chi connectivity index (χ3v) is 5.47. The van der Waals surface area contributed by atoms with Gasteiger partial charge in [-0.2, -0.15) is 5.26 Å². The van der Waals surface area contributed by atoms with Crippen LogP contribution in [0.3, 0.4) is 0 Å². The van der Waals surface area contributed by atoms with Crippen LogP contribution >= 0.6 is 11.8 Å². The highest BCUT2D eigenvalue weighted by Crippen LogP contribution is 2.29. The van der Waals surface area contributed by atoms with E-state index in [1.807, 2.05) is 66.9 Å². The smallest absolute Gasteiger partial charge is 0.247 e. The summed E-state index contributed by atoms with van der Waals surface area (Å²) < 4.78 is 1.87. The van der Waals surface area contributed by atoms with Crippen molar-refractivity contribution in [3.05, 3.63) is 54.9 Å². The highest BCUT2D eigenvalue weighted by molar-refractivity contribution is 7.99. The topological polar surface area (TPSA) is 70.7 Å². The van der Waals surface area contributed by atoms with Crippen LogP contribution in [-0.4, -0.2) is 21.2 Å². The van der Waals surface area contributed by atoms with E-state index in [2.05, 4.69) is 16.4 Å². The van der Waals surface area contributed by atoms with E-state index >= 15 is 0 Å². The number of hydrogen-bond acceptors (Lipinski definition) is 4. The zero-order valence-corrected chi connectivity index (χ0v) is 15.5. The highest BCUT2D eigenvalue weighted by atomic mass is 32.2. The third kappa shape index (κ3) is 3.89. The Morgan fingerprint density at radius 2 is 1.96 bits per heavy atom. The van der Waals surface area contributed by atoms with Crippen molar-refractivity contribution in [2.75, 3.05) is 11.1 Å². The largest absolute Gasteiger partial charge is 0.323 e. The van der Waals surface area contributed by atoms with Gasteiger partial charge >= 0.3 is 0 Å². The van der Waals surface area contributed by atoms with Gasteiger partial charge in [0.1, 0.15) is 6.04 Å². The van der Waals surface area contributed by atoms with Gasteiger partial charge in [-0.05, 0) is 38.1 Å². The van der Waals surface area contributed by atoms with Gasteiger partial charge in [0.05, 0.1) is 35.0 Å². The van der Waals surface area contributed by atoms with Crippen molar-refractivity contribution in [2.45, 2.75) is 24.8 Å². The Morgan fingerprint density at radius 3 is 2.77 bits per heavy atom. The molecule has 0 aliphatic carbocycles. The number of nitrogens with one attached hydrogen (secondary N) is 1. The van der Waals surface area contributed by atoms with Gasteiger partial charge in [0.25, 0.3) is 0 Å². The molecule has 1 aromatic heterocycles. The highest BCUT2D eigenvalue weighted by Gasteiger charge is 2.18. The van der Waals surface area contributed by atoms with E-state index in [1.54, 1.807) is 18.1 Å². The summed E-state index contributed by atoms with van der Waals surface area (Å²) in [5.41, 5.74) is 2.57. The lowest BCUT2D eigenvalue weighted by atomic mass is 10.2. The monoisotopic (exact) mass is 364 g/mol. The van der Waals surface area contributed by atoms with Gasteiger partial charge in [-0.1, -0.05) is 24.3 Å². The Balaban J connectivity index is 1.77. The average Bonchev–Trinajstić information content (AvgIpc) is 3.10. The summed E-state index contributed by atoms with van der Waals surface area (Å²) in [6.07, 6.45) is 1.70. The second-order valence-electron chi connectivity index (χ2n) is 6.14. The summed E-state index contributed by atoms with van der Waals surface area (Å²) >= 11 is 1.58. The molecule has 1 amide bonds. The third-order valence-electron chi connectivity index (χ3n) is 4.13. The fourth-order valence-corrected chi connectivity index (χ4v) is 3.55. The minimum Gasteiger partial charge on any atom is -0.323 e. The summed E-state index contributed by atoms with van der Waals surface area (Å²) in [7, 11) is 0. The molecule has 6 heteroatoms. The summed E-state index contributed by atoms with van der Waals surface area (Å²) in [6, 6.07) is 17.3.